The normalized spacial score (nSPS) is 20.4. The monoisotopic (exact) mass is 348 g/mol. The van der Waals surface area contributed by atoms with Gasteiger partial charge in [-0.15, -0.1) is 0 Å². The summed E-state index contributed by atoms with van der Waals surface area (Å²) in [5.74, 6) is -1.05. The molecule has 25 heavy (non-hydrogen) atoms. The van der Waals surface area contributed by atoms with Crippen molar-refractivity contribution in [3.63, 3.8) is 0 Å². The maximum absolute atomic E-state index is 11.8. The second-order valence-electron chi connectivity index (χ2n) is 7.28. The number of rotatable bonds is 9. The summed E-state index contributed by atoms with van der Waals surface area (Å²) in [6.07, 6.45) is 2.52. The fraction of sp³-hybridized carbons (Fsp3) is 0.611. The molecule has 0 spiro atoms. The molecule has 5 N–H and O–H groups in total. The van der Waals surface area contributed by atoms with Gasteiger partial charge in [-0.3, -0.25) is 9.69 Å². The van der Waals surface area contributed by atoms with Crippen LogP contribution in [0, 0.1) is 12.8 Å². The first kappa shape index (κ1) is 19.9. The smallest absolute Gasteiger partial charge is 0.451 e. The minimum atomic E-state index is -1.34. The lowest BCUT2D eigenvalue weighted by Crippen LogP contribution is -2.55. The first-order valence-electron chi connectivity index (χ1n) is 8.97. The molecule has 1 aliphatic rings. The summed E-state index contributed by atoms with van der Waals surface area (Å²) >= 11 is 0. The molecule has 1 unspecified atom stereocenters. The lowest BCUT2D eigenvalue weighted by Gasteiger charge is -2.31. The molecule has 2 rings (SSSR count). The SMILES string of the molecule is Cc1ccc(CN2CC[C@@H](C(N)(CCCCB(O)O)C(=O)O)C2)cc1. The van der Waals surface area contributed by atoms with Crippen molar-refractivity contribution in [1.82, 2.24) is 4.90 Å². The molecule has 2 atom stereocenters. The summed E-state index contributed by atoms with van der Waals surface area (Å²) in [5, 5.41) is 27.5. The number of benzene rings is 1. The van der Waals surface area contributed by atoms with Crippen molar-refractivity contribution < 1.29 is 19.9 Å². The second-order valence-corrected chi connectivity index (χ2v) is 7.28. The van der Waals surface area contributed by atoms with Crippen LogP contribution in [0.25, 0.3) is 0 Å². The Morgan fingerprint density at radius 1 is 1.32 bits per heavy atom. The van der Waals surface area contributed by atoms with Crippen LogP contribution in [0.1, 0.15) is 36.8 Å². The molecule has 0 aromatic heterocycles. The summed E-state index contributed by atoms with van der Waals surface area (Å²) in [5.41, 5.74) is 7.49. The van der Waals surface area contributed by atoms with E-state index in [4.69, 9.17) is 15.8 Å². The quantitative estimate of drug-likeness (QED) is 0.395. The van der Waals surface area contributed by atoms with E-state index in [2.05, 4.69) is 36.1 Å². The number of aryl methyl sites for hydroxylation is 1. The molecule has 0 amide bonds. The second kappa shape index (κ2) is 8.80. The highest BCUT2D eigenvalue weighted by molar-refractivity contribution is 6.40. The van der Waals surface area contributed by atoms with E-state index in [0.717, 1.165) is 19.5 Å². The average molecular weight is 348 g/mol. The van der Waals surface area contributed by atoms with E-state index in [9.17, 15) is 9.90 Å². The van der Waals surface area contributed by atoms with Crippen LogP contribution < -0.4 is 5.73 Å². The number of carboxylic acid groups (broad SMARTS) is 1. The summed E-state index contributed by atoms with van der Waals surface area (Å²) in [7, 11) is -1.34. The Balaban J connectivity index is 1.91. The fourth-order valence-corrected chi connectivity index (χ4v) is 3.58. The van der Waals surface area contributed by atoms with Crippen LogP contribution in [0.5, 0.6) is 0 Å². The highest BCUT2D eigenvalue weighted by Gasteiger charge is 2.44. The Morgan fingerprint density at radius 3 is 2.60 bits per heavy atom. The van der Waals surface area contributed by atoms with Gasteiger partial charge in [0, 0.05) is 19.0 Å². The summed E-state index contributed by atoms with van der Waals surface area (Å²) in [4.78, 5) is 14.1. The van der Waals surface area contributed by atoms with Crippen molar-refractivity contribution in [3.8, 4) is 0 Å². The molecule has 0 radical (unpaired) electrons. The molecule has 1 aromatic carbocycles. The molecule has 138 valence electrons. The van der Waals surface area contributed by atoms with Crippen LogP contribution in [-0.4, -0.2) is 51.8 Å². The van der Waals surface area contributed by atoms with Crippen LogP contribution in [0.15, 0.2) is 24.3 Å². The number of nitrogens with two attached hydrogens (primary N) is 1. The molecule has 0 bridgehead atoms. The van der Waals surface area contributed by atoms with E-state index in [1.807, 2.05) is 0 Å². The Hall–Kier alpha value is -1.41. The van der Waals surface area contributed by atoms with Crippen molar-refractivity contribution >= 4 is 13.1 Å². The van der Waals surface area contributed by atoms with E-state index in [1.165, 1.54) is 11.1 Å². The Morgan fingerprint density at radius 2 is 2.00 bits per heavy atom. The third-order valence-corrected chi connectivity index (χ3v) is 5.23. The standard InChI is InChI=1S/C18H29BN2O4/c1-14-4-6-15(7-5-14)12-21-11-8-16(13-21)18(20,17(22)23)9-2-3-10-19(24)25/h4-7,16,24-25H,2-3,8-13,20H2,1H3,(H,22,23)/t16-,18?/m1/s1. The molecule has 1 aromatic rings. The zero-order chi connectivity index (χ0) is 18.4. The number of aliphatic carboxylic acids is 1. The van der Waals surface area contributed by atoms with Gasteiger partial charge < -0.3 is 20.9 Å². The molecule has 6 nitrogen and oxygen atoms in total. The van der Waals surface area contributed by atoms with Gasteiger partial charge in [0.1, 0.15) is 5.54 Å². The van der Waals surface area contributed by atoms with Crippen molar-refractivity contribution in [3.05, 3.63) is 35.4 Å². The number of carbonyl (C=O) groups is 1. The largest absolute Gasteiger partial charge is 0.480 e. The van der Waals surface area contributed by atoms with Gasteiger partial charge in [-0.25, -0.2) is 0 Å². The van der Waals surface area contributed by atoms with Gasteiger partial charge in [-0.05, 0) is 38.2 Å². The number of unbranched alkanes of at least 4 members (excludes halogenated alkanes) is 1. The number of hydrogen-bond acceptors (Lipinski definition) is 5. The molecule has 1 aliphatic heterocycles. The molecule has 0 saturated carbocycles. The van der Waals surface area contributed by atoms with Crippen molar-refractivity contribution in [1.29, 1.82) is 0 Å². The van der Waals surface area contributed by atoms with Crippen LogP contribution in [-0.2, 0) is 11.3 Å². The average Bonchev–Trinajstić information content (AvgIpc) is 3.02. The topological polar surface area (TPSA) is 107 Å². The summed E-state index contributed by atoms with van der Waals surface area (Å²) in [6.45, 7) is 4.39. The van der Waals surface area contributed by atoms with Gasteiger partial charge in [-0.1, -0.05) is 42.7 Å². The van der Waals surface area contributed by atoms with Gasteiger partial charge >= 0.3 is 13.1 Å². The van der Waals surface area contributed by atoms with Crippen molar-refractivity contribution in [2.24, 2.45) is 11.7 Å². The van der Waals surface area contributed by atoms with E-state index < -0.39 is 18.6 Å². The number of likely N-dealkylation sites (tertiary alicyclic amines) is 1. The molecule has 1 saturated heterocycles. The van der Waals surface area contributed by atoms with Gasteiger partial charge in [0.2, 0.25) is 0 Å². The molecule has 1 heterocycles. The number of nitrogens with zero attached hydrogens (tertiary/aromatic N) is 1. The predicted molar refractivity (Wildman–Crippen MR) is 98.0 cm³/mol. The highest BCUT2D eigenvalue weighted by atomic mass is 16.4. The molecular formula is C18H29BN2O4. The van der Waals surface area contributed by atoms with E-state index in [1.54, 1.807) is 0 Å². The minimum absolute atomic E-state index is 0.0884. The lowest BCUT2D eigenvalue weighted by atomic mass is 9.77. The molecule has 7 heteroatoms. The zero-order valence-electron chi connectivity index (χ0n) is 14.9. The number of hydrogen-bond donors (Lipinski definition) is 4. The Bertz CT molecular complexity index is 567. The maximum Gasteiger partial charge on any atom is 0.451 e. The van der Waals surface area contributed by atoms with Crippen LogP contribution in [0.2, 0.25) is 6.32 Å². The summed E-state index contributed by atoms with van der Waals surface area (Å²) < 4.78 is 0. The Labute approximate surface area is 149 Å². The van der Waals surface area contributed by atoms with Crippen LogP contribution >= 0.6 is 0 Å². The van der Waals surface area contributed by atoms with E-state index >= 15 is 0 Å². The number of carboxylic acids is 1. The minimum Gasteiger partial charge on any atom is -0.480 e. The van der Waals surface area contributed by atoms with Crippen LogP contribution in [0.4, 0.5) is 0 Å². The first-order chi connectivity index (χ1) is 11.8. The van der Waals surface area contributed by atoms with E-state index in [0.29, 0.717) is 25.8 Å². The fourth-order valence-electron chi connectivity index (χ4n) is 3.58. The zero-order valence-corrected chi connectivity index (χ0v) is 14.9. The van der Waals surface area contributed by atoms with E-state index in [-0.39, 0.29) is 12.2 Å². The maximum atomic E-state index is 11.8. The van der Waals surface area contributed by atoms with Crippen molar-refractivity contribution in [2.45, 2.75) is 51.0 Å². The Kier molecular flexibility index (Phi) is 7.01. The predicted octanol–water partition coefficient (Wildman–Crippen LogP) is 1.24. The summed E-state index contributed by atoms with van der Waals surface area (Å²) in [6, 6.07) is 8.39. The van der Waals surface area contributed by atoms with Crippen molar-refractivity contribution in [2.75, 3.05) is 13.1 Å². The third kappa shape index (κ3) is 5.54. The molecular weight excluding hydrogens is 319 g/mol. The first-order valence-corrected chi connectivity index (χ1v) is 8.97. The van der Waals surface area contributed by atoms with Gasteiger partial charge in [0.25, 0.3) is 0 Å². The lowest BCUT2D eigenvalue weighted by molar-refractivity contribution is -0.145. The van der Waals surface area contributed by atoms with Gasteiger partial charge in [0.15, 0.2) is 0 Å². The van der Waals surface area contributed by atoms with Gasteiger partial charge in [-0.2, -0.15) is 0 Å². The van der Waals surface area contributed by atoms with Crippen LogP contribution in [0.3, 0.4) is 0 Å². The molecule has 0 aliphatic carbocycles. The highest BCUT2D eigenvalue weighted by Crippen LogP contribution is 2.31. The molecule has 1 fully saturated rings. The third-order valence-electron chi connectivity index (χ3n) is 5.23. The van der Waals surface area contributed by atoms with Gasteiger partial charge in [0.05, 0.1) is 0 Å².